The van der Waals surface area contributed by atoms with Crippen molar-refractivity contribution in [3.63, 3.8) is 0 Å². The van der Waals surface area contributed by atoms with Crippen LogP contribution >= 0.6 is 11.8 Å². The number of carbonyl (C=O) groups excluding carboxylic acids is 1. The van der Waals surface area contributed by atoms with Crippen molar-refractivity contribution in [1.29, 1.82) is 0 Å². The molecule has 1 amide bonds. The van der Waals surface area contributed by atoms with Gasteiger partial charge in [-0.2, -0.15) is 8.78 Å². The first-order valence-electron chi connectivity index (χ1n) is 9.95. The molecule has 0 saturated heterocycles. The van der Waals surface area contributed by atoms with Crippen molar-refractivity contribution in [2.24, 2.45) is 7.05 Å². The van der Waals surface area contributed by atoms with Crippen LogP contribution in [0.5, 0.6) is 11.5 Å². The molecule has 1 aromatic heterocycles. The molecule has 13 heteroatoms. The quantitative estimate of drug-likeness (QED) is 0.306. The smallest absolute Gasteiger partial charge is 0.387 e. The second-order valence-electron chi connectivity index (χ2n) is 7.02. The highest BCUT2D eigenvalue weighted by molar-refractivity contribution is 7.99. The Labute approximate surface area is 197 Å². The summed E-state index contributed by atoms with van der Waals surface area (Å²) in [5.74, 6) is -0.438. The van der Waals surface area contributed by atoms with Gasteiger partial charge in [-0.25, -0.2) is 0 Å². The van der Waals surface area contributed by atoms with Gasteiger partial charge in [-0.05, 0) is 48.5 Å². The number of aryl methyl sites for hydroxylation is 1. The Kier molecular flexibility index (Phi) is 7.99. The van der Waals surface area contributed by atoms with E-state index in [2.05, 4.69) is 14.9 Å². The minimum Gasteiger partial charge on any atom is -0.490 e. The van der Waals surface area contributed by atoms with E-state index in [1.54, 1.807) is 18.5 Å². The first kappa shape index (κ1) is 24.9. The molecule has 34 heavy (non-hydrogen) atoms. The van der Waals surface area contributed by atoms with Gasteiger partial charge in [-0.1, -0.05) is 6.07 Å². The van der Waals surface area contributed by atoms with E-state index in [1.807, 2.05) is 0 Å². The molecule has 0 spiro atoms. The number of halogens is 2. The van der Waals surface area contributed by atoms with Crippen molar-refractivity contribution < 1.29 is 28.0 Å². The molecule has 0 aliphatic rings. The second kappa shape index (κ2) is 10.9. The summed E-state index contributed by atoms with van der Waals surface area (Å²) in [4.78, 5) is 25.7. The molecule has 0 atom stereocenters. The van der Waals surface area contributed by atoms with E-state index in [9.17, 15) is 23.7 Å². The molecule has 0 aliphatic carbocycles. The molecule has 2 aromatic carbocycles. The van der Waals surface area contributed by atoms with Gasteiger partial charge in [-0.15, -0.1) is 10.2 Å². The number of carbonyl (C=O) groups is 1. The molecular formula is C21H21F2N5O5S. The lowest BCUT2D eigenvalue weighted by molar-refractivity contribution is -0.387. The molecule has 1 heterocycles. The number of alkyl halides is 2. The molecule has 0 fully saturated rings. The van der Waals surface area contributed by atoms with Gasteiger partial charge in [0.2, 0.25) is 0 Å². The summed E-state index contributed by atoms with van der Waals surface area (Å²) in [7, 11) is 3.24. The van der Waals surface area contributed by atoms with E-state index in [4.69, 9.17) is 4.74 Å². The van der Waals surface area contributed by atoms with Crippen molar-refractivity contribution in [2.75, 3.05) is 13.7 Å². The molecule has 0 N–H and O–H groups in total. The number of rotatable bonds is 10. The highest BCUT2D eigenvalue weighted by Crippen LogP contribution is 2.34. The normalized spacial score (nSPS) is 10.9. The lowest BCUT2D eigenvalue weighted by Crippen LogP contribution is -2.26. The predicted octanol–water partition coefficient (Wildman–Crippen LogP) is 4.15. The number of hydrogen-bond donors (Lipinski definition) is 0. The molecule has 3 rings (SSSR count). The zero-order valence-corrected chi connectivity index (χ0v) is 19.3. The van der Waals surface area contributed by atoms with E-state index < -0.39 is 17.4 Å². The number of nitrogens with zero attached hydrogens (tertiary/aromatic N) is 5. The number of benzene rings is 2. The van der Waals surface area contributed by atoms with Crippen LogP contribution in [0.3, 0.4) is 0 Å². The monoisotopic (exact) mass is 493 g/mol. The highest BCUT2D eigenvalue weighted by Gasteiger charge is 2.22. The van der Waals surface area contributed by atoms with Crippen LogP contribution in [0.1, 0.15) is 22.8 Å². The Morgan fingerprint density at radius 1 is 1.26 bits per heavy atom. The number of aromatic nitrogens is 3. The molecule has 0 radical (unpaired) electrons. The third kappa shape index (κ3) is 5.98. The Balaban J connectivity index is 1.79. The second-order valence-corrected chi connectivity index (χ2v) is 8.03. The maximum Gasteiger partial charge on any atom is 0.387 e. The number of ether oxygens (including phenoxy) is 2. The Morgan fingerprint density at radius 2 is 2.03 bits per heavy atom. The van der Waals surface area contributed by atoms with Gasteiger partial charge >= 0.3 is 6.61 Å². The van der Waals surface area contributed by atoms with E-state index in [1.165, 1.54) is 54.7 Å². The maximum atomic E-state index is 12.9. The van der Waals surface area contributed by atoms with Crippen molar-refractivity contribution in [2.45, 2.75) is 30.1 Å². The lowest BCUT2D eigenvalue weighted by atomic mass is 10.1. The summed E-state index contributed by atoms with van der Waals surface area (Å²) in [6.45, 7) is -0.953. The maximum absolute atomic E-state index is 12.9. The van der Waals surface area contributed by atoms with Gasteiger partial charge < -0.3 is 18.9 Å². The summed E-state index contributed by atoms with van der Waals surface area (Å²) < 4.78 is 36.6. The van der Waals surface area contributed by atoms with Gasteiger partial charge in [0, 0.05) is 32.3 Å². The van der Waals surface area contributed by atoms with Gasteiger partial charge in [-0.3, -0.25) is 14.9 Å². The topological polar surface area (TPSA) is 113 Å². The predicted molar refractivity (Wildman–Crippen MR) is 118 cm³/mol. The number of nitro groups is 1. The van der Waals surface area contributed by atoms with Crippen LogP contribution in [-0.2, 0) is 13.6 Å². The average Bonchev–Trinajstić information content (AvgIpc) is 3.19. The minimum atomic E-state index is -3.00. The number of nitro benzene ring substituents is 1. The molecule has 0 saturated carbocycles. The number of amides is 1. The van der Waals surface area contributed by atoms with E-state index in [0.29, 0.717) is 15.6 Å². The van der Waals surface area contributed by atoms with Crippen molar-refractivity contribution >= 4 is 23.4 Å². The molecule has 0 aliphatic heterocycles. The third-order valence-corrected chi connectivity index (χ3v) is 5.68. The molecule has 180 valence electrons. The van der Waals surface area contributed by atoms with Crippen molar-refractivity contribution in [3.05, 3.63) is 64.0 Å². The molecule has 10 nitrogen and oxygen atoms in total. The zero-order valence-electron chi connectivity index (χ0n) is 18.5. The van der Waals surface area contributed by atoms with Gasteiger partial charge in [0.15, 0.2) is 16.7 Å². The molecular weight excluding hydrogens is 472 g/mol. The molecule has 3 aromatic rings. The fourth-order valence-electron chi connectivity index (χ4n) is 3.02. The van der Waals surface area contributed by atoms with Crippen LogP contribution in [0.2, 0.25) is 0 Å². The average molecular weight is 493 g/mol. The first-order valence-corrected chi connectivity index (χ1v) is 10.8. The van der Waals surface area contributed by atoms with Crippen molar-refractivity contribution in [1.82, 2.24) is 19.7 Å². The van der Waals surface area contributed by atoms with Gasteiger partial charge in [0.1, 0.15) is 6.33 Å². The van der Waals surface area contributed by atoms with Crippen LogP contribution in [0.25, 0.3) is 0 Å². The molecule has 0 bridgehead atoms. The van der Waals surface area contributed by atoms with E-state index in [0.717, 1.165) is 11.8 Å². The third-order valence-electron chi connectivity index (χ3n) is 4.56. The van der Waals surface area contributed by atoms with Crippen LogP contribution < -0.4 is 9.47 Å². The van der Waals surface area contributed by atoms with Crippen molar-refractivity contribution in [3.8, 4) is 11.5 Å². The van der Waals surface area contributed by atoms with Crippen LogP contribution in [-0.4, -0.2) is 50.8 Å². The zero-order chi connectivity index (χ0) is 24.8. The summed E-state index contributed by atoms with van der Waals surface area (Å²) in [6.07, 6.45) is 1.48. The van der Waals surface area contributed by atoms with Gasteiger partial charge in [0.05, 0.1) is 16.4 Å². The number of hydrogen-bond acceptors (Lipinski definition) is 8. The van der Waals surface area contributed by atoms with Crippen LogP contribution in [0, 0.1) is 10.1 Å². The fraction of sp³-hybridized carbons (Fsp3) is 0.286. The van der Waals surface area contributed by atoms with Gasteiger partial charge in [0.25, 0.3) is 11.6 Å². The van der Waals surface area contributed by atoms with Crippen LogP contribution in [0.4, 0.5) is 14.5 Å². The van der Waals surface area contributed by atoms with E-state index >= 15 is 0 Å². The summed E-state index contributed by atoms with van der Waals surface area (Å²) in [5, 5.41) is 19.7. The summed E-state index contributed by atoms with van der Waals surface area (Å²) in [5.41, 5.74) is 0.489. The lowest BCUT2D eigenvalue weighted by Gasteiger charge is -2.19. The van der Waals surface area contributed by atoms with Crippen LogP contribution in [0.15, 0.2) is 52.8 Å². The fourth-order valence-corrected chi connectivity index (χ4v) is 3.87. The summed E-state index contributed by atoms with van der Waals surface area (Å²) >= 11 is 1.06. The standard InChI is InChI=1S/C21H21F2N5O5S/c1-4-32-17-9-13(5-7-16(17)33-20(22)23)11-26(2)19(29)14-6-8-18(15(10-14)28(30)31)34-21-25-24-12-27(21)3/h5-10,12,20H,4,11H2,1-3H3. The Hall–Kier alpha value is -3.74. The SMILES string of the molecule is CCOc1cc(CN(C)C(=O)c2ccc(Sc3nncn3C)c([N+](=O)[O-])c2)ccc1OC(F)F. The summed E-state index contributed by atoms with van der Waals surface area (Å²) in [6, 6.07) is 8.58. The highest BCUT2D eigenvalue weighted by atomic mass is 32.2. The molecule has 0 unspecified atom stereocenters. The minimum absolute atomic E-state index is 0.108. The largest absolute Gasteiger partial charge is 0.490 e. The Bertz CT molecular complexity index is 1190. The van der Waals surface area contributed by atoms with E-state index in [-0.39, 0.29) is 35.9 Å². The Morgan fingerprint density at radius 3 is 2.65 bits per heavy atom. The first-order chi connectivity index (χ1) is 16.2.